The lowest BCUT2D eigenvalue weighted by atomic mass is 9.91. The van der Waals surface area contributed by atoms with E-state index < -0.39 is 0 Å². The van der Waals surface area contributed by atoms with Crippen molar-refractivity contribution in [2.75, 3.05) is 25.5 Å². The maximum Gasteiger partial charge on any atom is 0.283 e. The first-order valence-electron chi connectivity index (χ1n) is 9.37. The van der Waals surface area contributed by atoms with Gasteiger partial charge >= 0.3 is 0 Å². The zero-order valence-corrected chi connectivity index (χ0v) is 17.6. The van der Waals surface area contributed by atoms with Gasteiger partial charge in [-0.3, -0.25) is 10.3 Å². The maximum atomic E-state index is 5.97. The molecule has 2 aliphatic rings. The van der Waals surface area contributed by atoms with Crippen LogP contribution in [-0.2, 0) is 9.68 Å². The Labute approximate surface area is 180 Å². The highest BCUT2D eigenvalue weighted by Crippen LogP contribution is 2.35. The molecule has 6 nitrogen and oxygen atoms in total. The quantitative estimate of drug-likeness (QED) is 0.696. The lowest BCUT2D eigenvalue weighted by Crippen LogP contribution is -2.45. The van der Waals surface area contributed by atoms with Crippen LogP contribution in [0, 0.1) is 0 Å². The number of nitrogens with one attached hydrogen (secondary N) is 2. The largest absolute Gasteiger partial charge is 0.495 e. The fourth-order valence-corrected chi connectivity index (χ4v) is 3.79. The molecule has 4 rings (SSSR count). The SMILES string of the molecule is COc1ccccc1NC(=S)ON1CCC2(C=C(c3ccc(Cl)cc3)NO2)CC1. The number of methoxy groups -OCH3 is 1. The Kier molecular flexibility index (Phi) is 5.91. The van der Waals surface area contributed by atoms with Crippen molar-refractivity contribution in [3.05, 3.63) is 65.2 Å². The van der Waals surface area contributed by atoms with E-state index in [2.05, 4.69) is 16.9 Å². The summed E-state index contributed by atoms with van der Waals surface area (Å²) in [6.07, 6.45) is 3.72. The van der Waals surface area contributed by atoms with Crippen molar-refractivity contribution in [1.29, 1.82) is 0 Å². The number of benzene rings is 2. The van der Waals surface area contributed by atoms with Crippen LogP contribution in [-0.4, -0.2) is 36.0 Å². The van der Waals surface area contributed by atoms with Crippen LogP contribution in [0.3, 0.4) is 0 Å². The molecule has 1 fully saturated rings. The molecule has 0 aliphatic carbocycles. The number of hydroxylamine groups is 3. The standard InChI is InChI=1S/C21H22ClN3O3S/c1-26-19-5-3-2-4-17(19)23-20(29)27-25-12-10-21(11-13-25)14-18(24-28-21)15-6-8-16(22)9-7-15/h2-9,14,24H,10-13H2,1H3,(H,23,29). The van der Waals surface area contributed by atoms with Crippen LogP contribution in [0.15, 0.2) is 54.6 Å². The van der Waals surface area contributed by atoms with Crippen molar-refractivity contribution in [1.82, 2.24) is 10.5 Å². The molecule has 0 saturated carbocycles. The van der Waals surface area contributed by atoms with E-state index in [1.54, 1.807) is 7.11 Å². The summed E-state index contributed by atoms with van der Waals surface area (Å²) in [5.74, 6) is 0.710. The van der Waals surface area contributed by atoms with E-state index in [0.29, 0.717) is 23.9 Å². The molecule has 0 bridgehead atoms. The molecule has 0 amide bonds. The number of hydrogen-bond donors (Lipinski definition) is 2. The molecule has 2 aromatic rings. The molecule has 2 aliphatic heterocycles. The van der Waals surface area contributed by atoms with Crippen LogP contribution in [0.1, 0.15) is 18.4 Å². The highest BCUT2D eigenvalue weighted by Gasteiger charge is 2.39. The normalized spacial score (nSPS) is 18.1. The van der Waals surface area contributed by atoms with E-state index in [4.69, 9.17) is 38.2 Å². The third-order valence-electron chi connectivity index (χ3n) is 5.05. The summed E-state index contributed by atoms with van der Waals surface area (Å²) in [4.78, 5) is 11.7. The smallest absolute Gasteiger partial charge is 0.283 e. The minimum atomic E-state index is -0.341. The molecule has 0 unspecified atom stereocenters. The molecule has 2 heterocycles. The molecule has 0 atom stereocenters. The van der Waals surface area contributed by atoms with Gasteiger partial charge in [-0.05, 0) is 61.0 Å². The van der Waals surface area contributed by atoms with Crippen LogP contribution < -0.4 is 15.5 Å². The van der Waals surface area contributed by atoms with Crippen LogP contribution in [0.25, 0.3) is 5.70 Å². The molecule has 29 heavy (non-hydrogen) atoms. The van der Waals surface area contributed by atoms with Gasteiger partial charge in [0.15, 0.2) is 0 Å². The Bertz CT molecular complexity index is 912. The predicted molar refractivity (Wildman–Crippen MR) is 117 cm³/mol. The highest BCUT2D eigenvalue weighted by atomic mass is 35.5. The minimum Gasteiger partial charge on any atom is -0.495 e. The highest BCUT2D eigenvalue weighted by molar-refractivity contribution is 7.80. The third-order valence-corrected chi connectivity index (χ3v) is 5.48. The molecule has 1 spiro atoms. The van der Waals surface area contributed by atoms with Crippen molar-refractivity contribution in [3.63, 3.8) is 0 Å². The molecule has 152 valence electrons. The molecule has 8 heteroatoms. The van der Waals surface area contributed by atoms with E-state index in [0.717, 1.165) is 29.8 Å². The van der Waals surface area contributed by atoms with Crippen LogP contribution in [0.4, 0.5) is 5.69 Å². The second-order valence-corrected chi connectivity index (χ2v) is 7.77. The monoisotopic (exact) mass is 431 g/mol. The average molecular weight is 432 g/mol. The number of nitrogens with zero attached hydrogens (tertiary/aromatic N) is 1. The molecule has 0 aromatic heterocycles. The molecule has 1 saturated heterocycles. The Morgan fingerprint density at radius 3 is 2.62 bits per heavy atom. The first kappa shape index (κ1) is 20.0. The van der Waals surface area contributed by atoms with E-state index in [1.807, 2.05) is 53.6 Å². The summed E-state index contributed by atoms with van der Waals surface area (Å²) in [6, 6.07) is 15.3. The summed E-state index contributed by atoms with van der Waals surface area (Å²) in [6.45, 7) is 1.39. The van der Waals surface area contributed by atoms with Crippen molar-refractivity contribution >= 4 is 40.4 Å². The molecule has 2 N–H and O–H groups in total. The van der Waals surface area contributed by atoms with Gasteiger partial charge in [-0.1, -0.05) is 35.9 Å². The lowest BCUT2D eigenvalue weighted by Gasteiger charge is -2.35. The number of halogens is 1. The molecule has 0 radical (unpaired) electrons. The van der Waals surface area contributed by atoms with E-state index in [1.165, 1.54) is 0 Å². The minimum absolute atomic E-state index is 0.285. The predicted octanol–water partition coefficient (Wildman–Crippen LogP) is 4.39. The zero-order chi connectivity index (χ0) is 20.3. The first-order valence-corrected chi connectivity index (χ1v) is 10.2. The van der Waals surface area contributed by atoms with E-state index in [9.17, 15) is 0 Å². The Morgan fingerprint density at radius 2 is 1.90 bits per heavy atom. The van der Waals surface area contributed by atoms with E-state index >= 15 is 0 Å². The van der Waals surface area contributed by atoms with Gasteiger partial charge < -0.3 is 14.9 Å². The maximum absolute atomic E-state index is 5.97. The Morgan fingerprint density at radius 1 is 1.17 bits per heavy atom. The summed E-state index contributed by atoms with van der Waals surface area (Å²) < 4.78 is 5.32. The number of hydrogen-bond acceptors (Lipinski definition) is 6. The fourth-order valence-electron chi connectivity index (χ4n) is 3.45. The number of anilines is 1. The molecular weight excluding hydrogens is 410 g/mol. The lowest BCUT2D eigenvalue weighted by molar-refractivity contribution is -0.142. The van der Waals surface area contributed by atoms with Gasteiger partial charge in [-0.15, -0.1) is 5.06 Å². The van der Waals surface area contributed by atoms with Crippen LogP contribution in [0.2, 0.25) is 5.02 Å². The topological polar surface area (TPSA) is 55.0 Å². The second-order valence-electron chi connectivity index (χ2n) is 6.97. The average Bonchev–Trinajstić information content (AvgIpc) is 3.14. The Balaban J connectivity index is 1.32. The van der Waals surface area contributed by atoms with Crippen LogP contribution in [0.5, 0.6) is 5.75 Å². The molecular formula is C21H22ClN3O3S. The Hall–Kier alpha value is -2.32. The van der Waals surface area contributed by atoms with Crippen molar-refractivity contribution in [3.8, 4) is 5.75 Å². The van der Waals surface area contributed by atoms with Gasteiger partial charge in [-0.25, -0.2) is 0 Å². The van der Waals surface area contributed by atoms with Gasteiger partial charge in [0, 0.05) is 18.1 Å². The van der Waals surface area contributed by atoms with Crippen molar-refractivity contribution < 1.29 is 14.4 Å². The second kappa shape index (κ2) is 8.59. The summed E-state index contributed by atoms with van der Waals surface area (Å²) >= 11 is 11.3. The van der Waals surface area contributed by atoms with Gasteiger partial charge in [0.1, 0.15) is 11.4 Å². The number of ether oxygens (including phenoxy) is 1. The van der Waals surface area contributed by atoms with Gasteiger partial charge in [-0.2, -0.15) is 0 Å². The van der Waals surface area contributed by atoms with Gasteiger partial charge in [0.2, 0.25) is 0 Å². The third kappa shape index (κ3) is 4.64. The van der Waals surface area contributed by atoms with Crippen molar-refractivity contribution in [2.24, 2.45) is 0 Å². The fraction of sp³-hybridized carbons (Fsp3) is 0.286. The van der Waals surface area contributed by atoms with Gasteiger partial charge in [0.05, 0.1) is 18.5 Å². The number of piperidine rings is 1. The van der Waals surface area contributed by atoms with Crippen molar-refractivity contribution in [2.45, 2.75) is 18.4 Å². The number of para-hydroxylation sites is 2. The van der Waals surface area contributed by atoms with Crippen LogP contribution >= 0.6 is 23.8 Å². The summed E-state index contributed by atoms with van der Waals surface area (Å²) in [5, 5.41) is 5.93. The summed E-state index contributed by atoms with van der Waals surface area (Å²) in [7, 11) is 1.62. The first-order chi connectivity index (χ1) is 14.1. The molecule has 2 aromatic carbocycles. The van der Waals surface area contributed by atoms with E-state index in [-0.39, 0.29) is 10.8 Å². The number of thiocarbonyl (C=S) groups is 1. The number of rotatable bonds is 4. The summed E-state index contributed by atoms with van der Waals surface area (Å²) in [5.41, 5.74) is 5.50. The van der Waals surface area contributed by atoms with Gasteiger partial charge in [0.25, 0.3) is 5.17 Å². The zero-order valence-electron chi connectivity index (χ0n) is 16.0.